The highest BCUT2D eigenvalue weighted by Crippen LogP contribution is 2.28. The maximum atomic E-state index is 9.56. The second-order valence-electron chi connectivity index (χ2n) is 4.28. The molecule has 1 aliphatic rings. The third kappa shape index (κ3) is 2.52. The molecular weight excluding hydrogens is 273 g/mol. The number of fused-ring (bicyclic) bond motifs is 1. The fraction of sp³-hybridized carbons (Fsp3) is 0.154. The van der Waals surface area contributed by atoms with E-state index in [2.05, 4.69) is 14.8 Å². The molecule has 0 bridgehead atoms. The van der Waals surface area contributed by atoms with Crippen LogP contribution in [0.2, 0.25) is 0 Å². The molecule has 1 aromatic heterocycles. The number of methoxy groups -OCH3 is 1. The van der Waals surface area contributed by atoms with Crippen LogP contribution in [-0.4, -0.2) is 29.2 Å². The first-order valence-electron chi connectivity index (χ1n) is 6.10. The maximum absolute atomic E-state index is 9.56. The molecule has 0 saturated carbocycles. The van der Waals surface area contributed by atoms with Crippen LogP contribution in [0.1, 0.15) is 5.56 Å². The van der Waals surface area contributed by atoms with Gasteiger partial charge in [-0.05, 0) is 23.2 Å². The largest absolute Gasteiger partial charge is 0.491 e. The van der Waals surface area contributed by atoms with Gasteiger partial charge in [0.2, 0.25) is 5.88 Å². The lowest BCUT2D eigenvalue weighted by atomic mass is 9.80. The van der Waals surface area contributed by atoms with E-state index in [1.807, 2.05) is 0 Å². The van der Waals surface area contributed by atoms with Crippen LogP contribution in [0.5, 0.6) is 17.6 Å². The average Bonchev–Trinajstić information content (AvgIpc) is 2.88. The van der Waals surface area contributed by atoms with Crippen molar-refractivity contribution in [3.63, 3.8) is 0 Å². The summed E-state index contributed by atoms with van der Waals surface area (Å²) in [6.45, 7) is 7.30. The Morgan fingerprint density at radius 2 is 2.33 bits per heavy atom. The van der Waals surface area contributed by atoms with Crippen LogP contribution in [0.25, 0.3) is 4.85 Å². The van der Waals surface area contributed by atoms with Gasteiger partial charge < -0.3 is 19.2 Å². The zero-order valence-corrected chi connectivity index (χ0v) is 11.1. The molecule has 1 aliphatic heterocycles. The van der Waals surface area contributed by atoms with Crippen molar-refractivity contribution in [1.82, 2.24) is 9.97 Å². The van der Waals surface area contributed by atoms with Crippen LogP contribution in [0.3, 0.4) is 0 Å². The van der Waals surface area contributed by atoms with E-state index < -0.39 is 7.12 Å². The molecule has 0 unspecified atom stereocenters. The second kappa shape index (κ2) is 5.40. The molecule has 7 nitrogen and oxygen atoms in total. The molecule has 2 aromatic rings. The first-order valence-corrected chi connectivity index (χ1v) is 6.10. The standard InChI is InChI=1S/C13H10BN3O4/c1-15-11-6-16-13(17-12(11)19-2)21-9-3-4-10-8(5-9)7-20-14(10)18/h3-6,18H,7H2,2H3. The zero-order chi connectivity index (χ0) is 14.8. The third-order valence-electron chi connectivity index (χ3n) is 3.01. The molecule has 0 spiro atoms. The Morgan fingerprint density at radius 3 is 3.10 bits per heavy atom. The van der Waals surface area contributed by atoms with Gasteiger partial charge in [0.25, 0.3) is 5.69 Å². The summed E-state index contributed by atoms with van der Waals surface area (Å²) >= 11 is 0. The lowest BCUT2D eigenvalue weighted by Crippen LogP contribution is -2.27. The summed E-state index contributed by atoms with van der Waals surface area (Å²) in [6, 6.07) is 5.26. The molecule has 21 heavy (non-hydrogen) atoms. The molecule has 1 N–H and O–H groups in total. The van der Waals surface area contributed by atoms with Crippen molar-refractivity contribution in [2.24, 2.45) is 0 Å². The van der Waals surface area contributed by atoms with Gasteiger partial charge in [-0.25, -0.2) is 9.83 Å². The van der Waals surface area contributed by atoms with Gasteiger partial charge in [-0.2, -0.15) is 4.98 Å². The molecular formula is C13H10BN3O4. The van der Waals surface area contributed by atoms with Crippen molar-refractivity contribution in [2.45, 2.75) is 6.61 Å². The third-order valence-corrected chi connectivity index (χ3v) is 3.01. The van der Waals surface area contributed by atoms with Crippen molar-refractivity contribution in [3.05, 3.63) is 41.4 Å². The molecule has 3 rings (SSSR count). The van der Waals surface area contributed by atoms with Crippen molar-refractivity contribution < 1.29 is 19.2 Å². The first-order chi connectivity index (χ1) is 10.2. The van der Waals surface area contributed by atoms with E-state index in [0.29, 0.717) is 12.4 Å². The molecule has 1 aromatic carbocycles. The number of rotatable bonds is 3. The fourth-order valence-corrected chi connectivity index (χ4v) is 2.00. The van der Waals surface area contributed by atoms with E-state index in [0.717, 1.165) is 11.0 Å². The summed E-state index contributed by atoms with van der Waals surface area (Å²) in [4.78, 5) is 11.2. The van der Waals surface area contributed by atoms with E-state index in [4.69, 9.17) is 20.7 Å². The van der Waals surface area contributed by atoms with E-state index in [-0.39, 0.29) is 17.6 Å². The summed E-state index contributed by atoms with van der Waals surface area (Å²) in [5.74, 6) is 0.680. The highest BCUT2D eigenvalue weighted by molar-refractivity contribution is 6.61. The van der Waals surface area contributed by atoms with Gasteiger partial charge in [-0.1, -0.05) is 6.07 Å². The average molecular weight is 283 g/mol. The highest BCUT2D eigenvalue weighted by Gasteiger charge is 2.27. The van der Waals surface area contributed by atoms with Gasteiger partial charge in [0.15, 0.2) is 0 Å². The Hall–Kier alpha value is -2.63. The van der Waals surface area contributed by atoms with Crippen LogP contribution in [0.4, 0.5) is 5.69 Å². The Labute approximate surface area is 121 Å². The van der Waals surface area contributed by atoms with Crippen molar-refractivity contribution >= 4 is 18.3 Å². The van der Waals surface area contributed by atoms with Gasteiger partial charge in [0.1, 0.15) is 5.75 Å². The van der Waals surface area contributed by atoms with Crippen molar-refractivity contribution in [1.29, 1.82) is 0 Å². The van der Waals surface area contributed by atoms with Gasteiger partial charge in [-0.3, -0.25) is 0 Å². The summed E-state index contributed by atoms with van der Waals surface area (Å²) < 4.78 is 15.7. The van der Waals surface area contributed by atoms with Crippen LogP contribution in [0, 0.1) is 6.57 Å². The number of hydrogen-bond acceptors (Lipinski definition) is 6. The molecule has 104 valence electrons. The number of hydrogen-bond donors (Lipinski definition) is 1. The van der Waals surface area contributed by atoms with Crippen LogP contribution >= 0.6 is 0 Å². The summed E-state index contributed by atoms with van der Waals surface area (Å²) in [5, 5.41) is 9.56. The minimum absolute atomic E-state index is 0.0821. The van der Waals surface area contributed by atoms with Crippen LogP contribution in [-0.2, 0) is 11.3 Å². The molecule has 8 heteroatoms. The first kappa shape index (κ1) is 13.4. The number of aromatic nitrogens is 2. The van der Waals surface area contributed by atoms with E-state index >= 15 is 0 Å². The Bertz CT molecular complexity index is 732. The van der Waals surface area contributed by atoms with Gasteiger partial charge in [0, 0.05) is 6.20 Å². The summed E-state index contributed by atoms with van der Waals surface area (Å²) in [5.41, 5.74) is 1.80. The zero-order valence-electron chi connectivity index (χ0n) is 11.1. The maximum Gasteiger partial charge on any atom is 0.491 e. The Morgan fingerprint density at radius 1 is 1.48 bits per heavy atom. The van der Waals surface area contributed by atoms with Gasteiger partial charge in [-0.15, -0.1) is 0 Å². The van der Waals surface area contributed by atoms with Crippen LogP contribution < -0.4 is 14.9 Å². The predicted octanol–water partition coefficient (Wildman–Crippen LogP) is 1.05. The summed E-state index contributed by atoms with van der Waals surface area (Å²) in [7, 11) is 0.540. The minimum Gasteiger partial charge on any atom is -0.489 e. The predicted molar refractivity (Wildman–Crippen MR) is 73.8 cm³/mol. The molecule has 0 fully saturated rings. The highest BCUT2D eigenvalue weighted by atomic mass is 16.5. The Balaban J connectivity index is 1.86. The smallest absolute Gasteiger partial charge is 0.489 e. The molecule has 0 radical (unpaired) electrons. The molecule has 0 saturated heterocycles. The van der Waals surface area contributed by atoms with Crippen LogP contribution in [0.15, 0.2) is 24.4 Å². The van der Waals surface area contributed by atoms with Crippen molar-refractivity contribution in [2.75, 3.05) is 7.11 Å². The molecule has 0 amide bonds. The van der Waals surface area contributed by atoms with Crippen molar-refractivity contribution in [3.8, 4) is 17.6 Å². The lowest BCUT2D eigenvalue weighted by Gasteiger charge is -2.07. The quantitative estimate of drug-likeness (QED) is 0.670. The minimum atomic E-state index is -0.886. The number of benzene rings is 1. The number of nitrogens with zero attached hydrogens (tertiary/aromatic N) is 3. The van der Waals surface area contributed by atoms with E-state index in [1.54, 1.807) is 18.2 Å². The van der Waals surface area contributed by atoms with E-state index in [9.17, 15) is 5.02 Å². The van der Waals surface area contributed by atoms with E-state index in [1.165, 1.54) is 13.3 Å². The van der Waals surface area contributed by atoms with Gasteiger partial charge >= 0.3 is 13.1 Å². The lowest BCUT2D eigenvalue weighted by molar-refractivity contribution is 0.275. The summed E-state index contributed by atoms with van der Waals surface area (Å²) in [6.07, 6.45) is 1.34. The molecule has 0 atom stereocenters. The van der Waals surface area contributed by atoms with Gasteiger partial charge in [0.05, 0.1) is 20.3 Å². The molecule has 0 aliphatic carbocycles. The fourth-order valence-electron chi connectivity index (χ4n) is 2.00. The molecule has 2 heterocycles. The second-order valence-corrected chi connectivity index (χ2v) is 4.28. The normalized spacial score (nSPS) is 12.7. The number of ether oxygens (including phenoxy) is 2. The SMILES string of the molecule is [C-]#[N+]c1cnc(Oc2ccc3c(c2)COB3O)nc1OC. The monoisotopic (exact) mass is 283 g/mol. The Kier molecular flexibility index (Phi) is 3.44. The topological polar surface area (TPSA) is 78.1 Å².